The van der Waals surface area contributed by atoms with Crippen LogP contribution < -0.4 is 9.47 Å². The molecule has 0 aliphatic carbocycles. The molecule has 138 valence electrons. The summed E-state index contributed by atoms with van der Waals surface area (Å²) in [7, 11) is 0. The summed E-state index contributed by atoms with van der Waals surface area (Å²) < 4.78 is 17.2. The van der Waals surface area contributed by atoms with E-state index in [0.29, 0.717) is 11.5 Å². The van der Waals surface area contributed by atoms with Gasteiger partial charge in [0.25, 0.3) is 0 Å². The molecule has 1 aromatic carbocycles. The lowest BCUT2D eigenvalue weighted by Crippen LogP contribution is -2.24. The van der Waals surface area contributed by atoms with E-state index in [1.165, 1.54) is 0 Å². The molecule has 3 rings (SSSR count). The van der Waals surface area contributed by atoms with Crippen LogP contribution in [-0.2, 0) is 4.74 Å². The third kappa shape index (κ3) is 3.45. The van der Waals surface area contributed by atoms with Crippen molar-refractivity contribution in [3.63, 3.8) is 0 Å². The van der Waals surface area contributed by atoms with Crippen molar-refractivity contribution >= 4 is 29.5 Å². The lowest BCUT2D eigenvalue weighted by Gasteiger charge is -2.19. The zero-order valence-electron chi connectivity index (χ0n) is 14.8. The average molecular weight is 386 g/mol. The predicted octanol–water partition coefficient (Wildman–Crippen LogP) is 2.95. The van der Waals surface area contributed by atoms with Crippen LogP contribution in [0, 0.1) is 6.92 Å². The Balaban J connectivity index is 2.07. The Bertz CT molecular complexity index is 683. The van der Waals surface area contributed by atoms with Crippen molar-refractivity contribution in [3.05, 3.63) is 11.1 Å². The smallest absolute Gasteiger partial charge is 0.345 e. The van der Waals surface area contributed by atoms with Gasteiger partial charge in [0.15, 0.2) is 21.4 Å². The first-order valence-corrected chi connectivity index (χ1v) is 9.60. The van der Waals surface area contributed by atoms with Gasteiger partial charge < -0.3 is 24.4 Å². The molecule has 8 heteroatoms. The molecule has 0 saturated carbocycles. The zero-order chi connectivity index (χ0) is 18.6. The molecule has 0 aromatic heterocycles. The highest BCUT2D eigenvalue weighted by molar-refractivity contribution is 8.01. The highest BCUT2D eigenvalue weighted by Crippen LogP contribution is 2.60. The van der Waals surface area contributed by atoms with Gasteiger partial charge in [0.2, 0.25) is 0 Å². The van der Waals surface area contributed by atoms with Crippen LogP contribution in [0.2, 0.25) is 0 Å². The second-order valence-corrected chi connectivity index (χ2v) is 10.2. The number of rotatable bonds is 4. The van der Waals surface area contributed by atoms with Gasteiger partial charge in [0.05, 0.1) is 16.4 Å². The summed E-state index contributed by atoms with van der Waals surface area (Å²) >= 11 is 3.12. The van der Waals surface area contributed by atoms with E-state index >= 15 is 0 Å². The Kier molecular flexibility index (Phi) is 4.68. The number of fused-ring (bicyclic) bond motifs is 2. The molecular weight excluding hydrogens is 364 g/mol. The zero-order valence-corrected chi connectivity index (χ0v) is 16.5. The third-order valence-corrected chi connectivity index (χ3v) is 6.30. The third-order valence-electron chi connectivity index (χ3n) is 3.76. The molecule has 1 atom stereocenters. The van der Waals surface area contributed by atoms with E-state index in [4.69, 9.17) is 19.3 Å². The van der Waals surface area contributed by atoms with Crippen LogP contribution in [0.4, 0.5) is 0 Å². The van der Waals surface area contributed by atoms with E-state index in [0.717, 1.165) is 15.4 Å². The number of aliphatic hydroxyl groups excluding tert-OH is 2. The maximum absolute atomic E-state index is 12.7. The van der Waals surface area contributed by atoms with Gasteiger partial charge in [-0.1, -0.05) is 23.5 Å². The minimum Gasteiger partial charge on any atom is -0.475 e. The first-order chi connectivity index (χ1) is 11.5. The molecule has 25 heavy (non-hydrogen) atoms. The predicted molar refractivity (Wildman–Crippen MR) is 95.7 cm³/mol. The minimum atomic E-state index is -1.12. The van der Waals surface area contributed by atoms with E-state index in [9.17, 15) is 9.90 Å². The van der Waals surface area contributed by atoms with Gasteiger partial charge in [0, 0.05) is 0 Å². The fourth-order valence-corrected chi connectivity index (χ4v) is 5.00. The number of hydrogen-bond acceptors (Lipinski definition) is 8. The maximum atomic E-state index is 12.7. The van der Waals surface area contributed by atoms with Crippen molar-refractivity contribution in [2.45, 2.75) is 60.4 Å². The number of thioether (sulfide) groups is 2. The number of aliphatic hydroxyl groups is 2. The summed E-state index contributed by atoms with van der Waals surface area (Å²) in [6, 6.07) is 0. The Morgan fingerprint density at radius 1 is 1.12 bits per heavy atom. The monoisotopic (exact) mass is 386 g/mol. The van der Waals surface area contributed by atoms with Gasteiger partial charge in [-0.25, -0.2) is 4.79 Å². The van der Waals surface area contributed by atoms with E-state index in [-0.39, 0.29) is 12.2 Å². The lowest BCUT2D eigenvalue weighted by atomic mass is 10.1. The number of carbonyl (C=O) groups excluding carboxylic acids is 1. The SMILES string of the molecule is Cc1c2c(c(C(=O)OCC(O)CO)c3c1SC(C)(C)O3)OC(C)(C)S2. The molecular formula is C17H22O6S2. The molecule has 1 unspecified atom stereocenters. The first kappa shape index (κ1) is 18.7. The number of hydrogen-bond donors (Lipinski definition) is 2. The Morgan fingerprint density at radius 2 is 1.60 bits per heavy atom. The van der Waals surface area contributed by atoms with Crippen molar-refractivity contribution < 1.29 is 29.2 Å². The van der Waals surface area contributed by atoms with E-state index in [2.05, 4.69) is 0 Å². The number of esters is 1. The van der Waals surface area contributed by atoms with E-state index in [1.807, 2.05) is 34.6 Å². The second-order valence-electron chi connectivity index (χ2n) is 6.96. The molecule has 2 N–H and O–H groups in total. The molecule has 1 aromatic rings. The van der Waals surface area contributed by atoms with Crippen molar-refractivity contribution in [3.8, 4) is 11.5 Å². The molecule has 2 aliphatic rings. The molecule has 6 nitrogen and oxygen atoms in total. The summed E-state index contributed by atoms with van der Waals surface area (Å²) in [5.41, 5.74) is 1.28. The standard InChI is InChI=1S/C17H22O6S2/c1-8-13-11(22-16(2,3)24-13)10(15(20)21-7-9(19)6-18)12-14(8)25-17(4,5)23-12/h9,18-19H,6-7H2,1-5H3. The number of benzene rings is 1. The van der Waals surface area contributed by atoms with Gasteiger partial charge in [-0.15, -0.1) is 0 Å². The number of carbonyl (C=O) groups is 1. The second kappa shape index (κ2) is 6.26. The van der Waals surface area contributed by atoms with Gasteiger partial charge in [-0.3, -0.25) is 0 Å². The van der Waals surface area contributed by atoms with Crippen molar-refractivity contribution in [1.82, 2.24) is 0 Å². The van der Waals surface area contributed by atoms with Crippen LogP contribution in [0.5, 0.6) is 11.5 Å². The molecule has 0 amide bonds. The molecule has 0 spiro atoms. The highest BCUT2D eigenvalue weighted by Gasteiger charge is 2.44. The molecule has 0 bridgehead atoms. The van der Waals surface area contributed by atoms with E-state index < -0.39 is 28.5 Å². The fraction of sp³-hybridized carbons (Fsp3) is 0.588. The van der Waals surface area contributed by atoms with Crippen LogP contribution in [-0.4, -0.2) is 45.4 Å². The molecule has 0 radical (unpaired) electrons. The van der Waals surface area contributed by atoms with Crippen LogP contribution in [0.15, 0.2) is 9.79 Å². The normalized spacial score (nSPS) is 20.3. The first-order valence-electron chi connectivity index (χ1n) is 7.97. The van der Waals surface area contributed by atoms with Crippen LogP contribution in [0.1, 0.15) is 43.6 Å². The highest BCUT2D eigenvalue weighted by atomic mass is 32.2. The lowest BCUT2D eigenvalue weighted by molar-refractivity contribution is 0.00852. The van der Waals surface area contributed by atoms with Crippen molar-refractivity contribution in [2.24, 2.45) is 0 Å². The van der Waals surface area contributed by atoms with Gasteiger partial charge in [-0.05, 0) is 40.2 Å². The van der Waals surface area contributed by atoms with Crippen LogP contribution in [0.3, 0.4) is 0 Å². The summed E-state index contributed by atoms with van der Waals surface area (Å²) in [4.78, 5) is 13.5. The Hall–Kier alpha value is -1.09. The van der Waals surface area contributed by atoms with Gasteiger partial charge >= 0.3 is 5.97 Å². The molecule has 0 saturated heterocycles. The Morgan fingerprint density at radius 3 is 2.04 bits per heavy atom. The molecule has 0 fully saturated rings. The van der Waals surface area contributed by atoms with Crippen LogP contribution >= 0.6 is 23.5 Å². The topological polar surface area (TPSA) is 85.2 Å². The largest absolute Gasteiger partial charge is 0.475 e. The Labute approximate surface area is 155 Å². The quantitative estimate of drug-likeness (QED) is 0.764. The van der Waals surface area contributed by atoms with Crippen molar-refractivity contribution in [2.75, 3.05) is 13.2 Å². The van der Waals surface area contributed by atoms with Gasteiger partial charge in [0.1, 0.15) is 18.3 Å². The molecule has 2 heterocycles. The maximum Gasteiger partial charge on any atom is 0.345 e. The van der Waals surface area contributed by atoms with Gasteiger partial charge in [-0.2, -0.15) is 0 Å². The average Bonchev–Trinajstić information content (AvgIpc) is 3.00. The number of ether oxygens (including phenoxy) is 3. The summed E-state index contributed by atoms with van der Waals surface area (Å²) in [5.74, 6) is 0.303. The summed E-state index contributed by atoms with van der Waals surface area (Å²) in [6.45, 7) is 8.97. The minimum absolute atomic E-state index is 0.247. The van der Waals surface area contributed by atoms with Crippen LogP contribution in [0.25, 0.3) is 0 Å². The molecule has 2 aliphatic heterocycles. The summed E-state index contributed by atoms with van der Waals surface area (Å²) in [6.07, 6.45) is -1.12. The summed E-state index contributed by atoms with van der Waals surface area (Å²) in [5, 5.41) is 18.4. The fourth-order valence-electron chi connectivity index (χ4n) is 2.72. The van der Waals surface area contributed by atoms with Crippen molar-refractivity contribution in [1.29, 1.82) is 0 Å². The van der Waals surface area contributed by atoms with E-state index in [1.54, 1.807) is 23.5 Å².